The van der Waals surface area contributed by atoms with Gasteiger partial charge in [-0.15, -0.1) is 0 Å². The Morgan fingerprint density at radius 2 is 2.03 bits per heavy atom. The summed E-state index contributed by atoms with van der Waals surface area (Å²) in [6, 6.07) is 7.83. The van der Waals surface area contributed by atoms with Gasteiger partial charge in [0.25, 0.3) is 5.91 Å². The van der Waals surface area contributed by atoms with Crippen molar-refractivity contribution in [2.24, 2.45) is 5.92 Å². The van der Waals surface area contributed by atoms with Gasteiger partial charge in [0.2, 0.25) is 5.91 Å². The van der Waals surface area contributed by atoms with Crippen LogP contribution in [0.15, 0.2) is 30.5 Å². The Bertz CT molecular complexity index is 1080. The first-order valence-corrected chi connectivity index (χ1v) is 10.7. The molecule has 0 bridgehead atoms. The molecule has 3 aromatic rings. The lowest BCUT2D eigenvalue weighted by Crippen LogP contribution is -2.39. The molecule has 0 spiro atoms. The summed E-state index contributed by atoms with van der Waals surface area (Å²) in [7, 11) is 0. The van der Waals surface area contributed by atoms with E-state index in [1.165, 1.54) is 12.8 Å². The predicted molar refractivity (Wildman–Crippen MR) is 112 cm³/mol. The van der Waals surface area contributed by atoms with E-state index in [1.54, 1.807) is 4.68 Å². The van der Waals surface area contributed by atoms with Crippen molar-refractivity contribution in [3.63, 3.8) is 0 Å². The molecular formula is C22H26N6O2. The summed E-state index contributed by atoms with van der Waals surface area (Å²) >= 11 is 0. The zero-order valence-corrected chi connectivity index (χ0v) is 17.2. The van der Waals surface area contributed by atoms with Gasteiger partial charge in [-0.1, -0.05) is 18.2 Å². The van der Waals surface area contributed by atoms with E-state index in [1.807, 2.05) is 47.0 Å². The normalized spacial score (nSPS) is 16.0. The maximum atomic E-state index is 13.0. The van der Waals surface area contributed by atoms with Crippen LogP contribution in [-0.4, -0.2) is 49.4 Å². The van der Waals surface area contributed by atoms with E-state index in [4.69, 9.17) is 0 Å². The van der Waals surface area contributed by atoms with Gasteiger partial charge in [0.1, 0.15) is 6.54 Å². The molecular weight excluding hydrogens is 380 g/mol. The van der Waals surface area contributed by atoms with E-state index in [0.29, 0.717) is 31.2 Å². The number of fused-ring (bicyclic) bond motifs is 2. The van der Waals surface area contributed by atoms with Crippen LogP contribution in [0.5, 0.6) is 0 Å². The van der Waals surface area contributed by atoms with Gasteiger partial charge in [-0.05, 0) is 31.7 Å². The van der Waals surface area contributed by atoms with Crippen molar-refractivity contribution in [2.75, 3.05) is 13.1 Å². The Hall–Kier alpha value is -3.16. The van der Waals surface area contributed by atoms with Crippen LogP contribution in [0.2, 0.25) is 0 Å². The van der Waals surface area contributed by atoms with E-state index >= 15 is 0 Å². The van der Waals surface area contributed by atoms with Crippen molar-refractivity contribution in [3.8, 4) is 0 Å². The van der Waals surface area contributed by atoms with Crippen LogP contribution in [0, 0.1) is 5.92 Å². The van der Waals surface area contributed by atoms with E-state index in [2.05, 4.69) is 15.5 Å². The fourth-order valence-corrected chi connectivity index (χ4v) is 4.16. The van der Waals surface area contributed by atoms with Gasteiger partial charge in [-0.2, -0.15) is 10.2 Å². The molecule has 1 aromatic carbocycles. The third kappa shape index (κ3) is 3.58. The van der Waals surface area contributed by atoms with E-state index in [0.717, 1.165) is 35.1 Å². The van der Waals surface area contributed by atoms with E-state index < -0.39 is 0 Å². The molecule has 0 unspecified atom stereocenters. The molecule has 156 valence electrons. The van der Waals surface area contributed by atoms with Gasteiger partial charge >= 0.3 is 0 Å². The van der Waals surface area contributed by atoms with Crippen LogP contribution < -0.4 is 5.32 Å². The number of hydrogen-bond donors (Lipinski definition) is 1. The first kappa shape index (κ1) is 18.8. The van der Waals surface area contributed by atoms with Crippen LogP contribution in [0.1, 0.15) is 41.5 Å². The van der Waals surface area contributed by atoms with Crippen LogP contribution >= 0.6 is 0 Å². The van der Waals surface area contributed by atoms with Gasteiger partial charge < -0.3 is 10.2 Å². The summed E-state index contributed by atoms with van der Waals surface area (Å²) in [6.07, 6.45) is 5.08. The second-order valence-electron chi connectivity index (χ2n) is 8.21. The molecule has 1 aliphatic heterocycles. The molecule has 2 amide bonds. The minimum Gasteiger partial charge on any atom is -0.351 e. The van der Waals surface area contributed by atoms with Crippen molar-refractivity contribution in [1.29, 1.82) is 0 Å². The van der Waals surface area contributed by atoms with Crippen molar-refractivity contribution in [1.82, 2.24) is 29.8 Å². The minimum absolute atomic E-state index is 0.00486. The maximum Gasteiger partial charge on any atom is 0.272 e. The number of nitrogens with zero attached hydrogens (tertiary/aromatic N) is 5. The summed E-state index contributed by atoms with van der Waals surface area (Å²) < 4.78 is 3.71. The Balaban J connectivity index is 1.36. The fraction of sp³-hybridized carbons (Fsp3) is 0.455. The topological polar surface area (TPSA) is 85.0 Å². The predicted octanol–water partition coefficient (Wildman–Crippen LogP) is 1.98. The summed E-state index contributed by atoms with van der Waals surface area (Å²) in [5.74, 6) is 0.519. The number of nitrogens with one attached hydrogen (secondary N) is 1. The monoisotopic (exact) mass is 406 g/mol. The van der Waals surface area contributed by atoms with Crippen molar-refractivity contribution in [3.05, 3.63) is 47.4 Å². The molecule has 2 aliphatic rings. The number of benzene rings is 1. The third-order valence-electron chi connectivity index (χ3n) is 5.93. The number of rotatable bonds is 6. The number of amides is 2. The number of carbonyl (C=O) groups excluding carboxylic acids is 2. The zero-order valence-electron chi connectivity index (χ0n) is 17.2. The van der Waals surface area contributed by atoms with Gasteiger partial charge in [-0.3, -0.25) is 19.0 Å². The minimum atomic E-state index is -0.157. The summed E-state index contributed by atoms with van der Waals surface area (Å²) in [5.41, 5.74) is 3.35. The fourth-order valence-electron chi connectivity index (χ4n) is 4.16. The summed E-state index contributed by atoms with van der Waals surface area (Å²) in [6.45, 7) is 4.57. The molecule has 0 radical (unpaired) electrons. The van der Waals surface area contributed by atoms with Gasteiger partial charge in [0.15, 0.2) is 5.69 Å². The van der Waals surface area contributed by atoms with Crippen molar-refractivity contribution >= 4 is 22.7 Å². The van der Waals surface area contributed by atoms with Crippen LogP contribution in [0.4, 0.5) is 0 Å². The Morgan fingerprint density at radius 1 is 1.20 bits per heavy atom. The van der Waals surface area contributed by atoms with E-state index in [9.17, 15) is 9.59 Å². The molecule has 30 heavy (non-hydrogen) atoms. The molecule has 3 heterocycles. The van der Waals surface area contributed by atoms with Crippen LogP contribution in [-0.2, 0) is 30.8 Å². The number of hydrogen-bond acceptors (Lipinski definition) is 4. The highest BCUT2D eigenvalue weighted by molar-refractivity contribution is 5.94. The Morgan fingerprint density at radius 3 is 2.80 bits per heavy atom. The lowest BCUT2D eigenvalue weighted by atomic mass is 10.0. The molecule has 2 aromatic heterocycles. The number of aromatic nitrogens is 4. The van der Waals surface area contributed by atoms with Gasteiger partial charge in [0.05, 0.1) is 5.52 Å². The summed E-state index contributed by atoms with van der Waals surface area (Å²) in [5, 5.41) is 13.0. The Kier molecular flexibility index (Phi) is 4.77. The average Bonchev–Trinajstić information content (AvgIpc) is 3.35. The lowest BCUT2D eigenvalue weighted by Gasteiger charge is -2.28. The smallest absolute Gasteiger partial charge is 0.272 e. The molecule has 1 N–H and O–H groups in total. The van der Waals surface area contributed by atoms with Crippen LogP contribution in [0.3, 0.4) is 0 Å². The van der Waals surface area contributed by atoms with Gasteiger partial charge in [0, 0.05) is 55.4 Å². The lowest BCUT2D eigenvalue weighted by molar-refractivity contribution is -0.133. The molecule has 1 fully saturated rings. The Labute approximate surface area is 174 Å². The van der Waals surface area contributed by atoms with Crippen molar-refractivity contribution < 1.29 is 9.59 Å². The van der Waals surface area contributed by atoms with Crippen molar-refractivity contribution in [2.45, 2.75) is 45.8 Å². The molecule has 5 rings (SSSR count). The SMILES string of the molecule is CCNC(=O)c1nn(CC2CC2)c2c1CN(C(=O)Cn1cc3ccccc3n1)CC2. The molecule has 1 aliphatic carbocycles. The molecule has 8 nitrogen and oxygen atoms in total. The highest BCUT2D eigenvalue weighted by atomic mass is 16.2. The first-order chi connectivity index (χ1) is 14.6. The molecule has 0 atom stereocenters. The first-order valence-electron chi connectivity index (χ1n) is 10.7. The molecule has 0 saturated heterocycles. The quantitative estimate of drug-likeness (QED) is 0.678. The van der Waals surface area contributed by atoms with Gasteiger partial charge in [-0.25, -0.2) is 0 Å². The highest BCUT2D eigenvalue weighted by Gasteiger charge is 2.32. The van der Waals surface area contributed by atoms with E-state index in [-0.39, 0.29) is 18.4 Å². The zero-order chi connectivity index (χ0) is 20.7. The second-order valence-corrected chi connectivity index (χ2v) is 8.21. The standard InChI is InChI=1S/C22H26N6O2/c1-2-23-22(30)21-17-13-26(10-9-19(17)28(25-21)11-15-7-8-15)20(29)14-27-12-16-5-3-4-6-18(16)24-27/h3-6,12,15H,2,7-11,13-14H2,1H3,(H,23,30). The molecule has 1 saturated carbocycles. The number of carbonyl (C=O) groups is 2. The summed E-state index contributed by atoms with van der Waals surface area (Å²) in [4.78, 5) is 27.4. The maximum absolute atomic E-state index is 13.0. The largest absolute Gasteiger partial charge is 0.351 e. The van der Waals surface area contributed by atoms with Crippen LogP contribution in [0.25, 0.3) is 10.9 Å². The average molecular weight is 406 g/mol. The highest BCUT2D eigenvalue weighted by Crippen LogP contribution is 2.32. The second kappa shape index (κ2) is 7.59. The molecule has 8 heteroatoms. The third-order valence-corrected chi connectivity index (χ3v) is 5.93.